The molecule has 3 aromatic heterocycles. The summed E-state index contributed by atoms with van der Waals surface area (Å²) in [5.41, 5.74) is 4.53. The van der Waals surface area contributed by atoms with E-state index < -0.39 is 0 Å². The third-order valence-corrected chi connectivity index (χ3v) is 3.17. The van der Waals surface area contributed by atoms with Crippen molar-refractivity contribution in [2.24, 2.45) is 0 Å². The van der Waals surface area contributed by atoms with E-state index in [9.17, 15) is 0 Å². The smallest absolute Gasteiger partial charge is 0.112 e. The Morgan fingerprint density at radius 2 is 1.95 bits per heavy atom. The lowest BCUT2D eigenvalue weighted by Gasteiger charge is -2.08. The molecule has 3 heterocycles. The fourth-order valence-electron chi connectivity index (χ4n) is 1.80. The molecule has 0 amide bonds. The van der Waals surface area contributed by atoms with Crippen LogP contribution in [0, 0.1) is 6.92 Å². The molecule has 0 bridgehead atoms. The van der Waals surface area contributed by atoms with Crippen molar-refractivity contribution in [1.82, 2.24) is 15.0 Å². The van der Waals surface area contributed by atoms with Gasteiger partial charge in [-0.3, -0.25) is 15.0 Å². The zero-order valence-corrected chi connectivity index (χ0v) is 11.8. The molecular formula is C14H11BrN4. The average molecular weight is 315 g/mol. The molecule has 19 heavy (non-hydrogen) atoms. The molecule has 0 unspecified atom stereocenters. The largest absolute Gasteiger partial charge is 0.352 e. The van der Waals surface area contributed by atoms with Gasteiger partial charge in [0.15, 0.2) is 0 Å². The van der Waals surface area contributed by atoms with Crippen LogP contribution >= 0.6 is 15.9 Å². The normalized spacial score (nSPS) is 10.6. The molecule has 94 valence electrons. The maximum Gasteiger partial charge on any atom is 0.112 e. The fraction of sp³-hybridized carbons (Fsp3) is 0.0714. The maximum atomic E-state index is 4.40. The molecule has 3 aromatic rings. The van der Waals surface area contributed by atoms with Crippen molar-refractivity contribution < 1.29 is 0 Å². The summed E-state index contributed by atoms with van der Waals surface area (Å²) in [5.74, 6) is 0. The number of fused-ring (bicyclic) bond motifs is 1. The van der Waals surface area contributed by atoms with Crippen molar-refractivity contribution in [1.29, 1.82) is 0 Å². The van der Waals surface area contributed by atoms with E-state index in [1.807, 2.05) is 31.2 Å². The summed E-state index contributed by atoms with van der Waals surface area (Å²) >= 11 is 3.40. The zero-order valence-electron chi connectivity index (χ0n) is 10.3. The number of nitrogens with one attached hydrogen (secondary N) is 1. The highest BCUT2D eigenvalue weighted by Gasteiger charge is 2.04. The summed E-state index contributed by atoms with van der Waals surface area (Å²) in [7, 11) is 0. The molecular weight excluding hydrogens is 304 g/mol. The quantitative estimate of drug-likeness (QED) is 0.780. The van der Waals surface area contributed by atoms with Crippen LogP contribution in [0.1, 0.15) is 5.69 Å². The Kier molecular flexibility index (Phi) is 3.13. The van der Waals surface area contributed by atoms with Crippen molar-refractivity contribution in [3.05, 3.63) is 53.0 Å². The molecule has 0 radical (unpaired) electrons. The van der Waals surface area contributed by atoms with Crippen LogP contribution in [0.25, 0.3) is 11.0 Å². The van der Waals surface area contributed by atoms with Gasteiger partial charge in [-0.1, -0.05) is 0 Å². The van der Waals surface area contributed by atoms with Gasteiger partial charge in [-0.15, -0.1) is 0 Å². The molecule has 0 aliphatic heterocycles. The third-order valence-electron chi connectivity index (χ3n) is 2.73. The zero-order chi connectivity index (χ0) is 13.2. The van der Waals surface area contributed by atoms with Crippen LogP contribution in [0.5, 0.6) is 0 Å². The van der Waals surface area contributed by atoms with E-state index in [1.54, 1.807) is 18.6 Å². The third kappa shape index (κ3) is 2.56. The van der Waals surface area contributed by atoms with Crippen LogP contribution in [-0.2, 0) is 0 Å². The minimum Gasteiger partial charge on any atom is -0.352 e. The summed E-state index contributed by atoms with van der Waals surface area (Å²) in [6, 6.07) is 7.81. The topological polar surface area (TPSA) is 50.7 Å². The highest BCUT2D eigenvalue weighted by Crippen LogP contribution is 2.24. The molecule has 3 rings (SSSR count). The number of pyridine rings is 3. The summed E-state index contributed by atoms with van der Waals surface area (Å²) in [6.07, 6.45) is 5.34. The minimum absolute atomic E-state index is 0.839. The predicted molar refractivity (Wildman–Crippen MR) is 79.5 cm³/mol. The van der Waals surface area contributed by atoms with Gasteiger partial charge >= 0.3 is 0 Å². The molecule has 0 aromatic carbocycles. The van der Waals surface area contributed by atoms with Crippen molar-refractivity contribution >= 4 is 38.3 Å². The van der Waals surface area contributed by atoms with Crippen molar-refractivity contribution in [3.8, 4) is 0 Å². The lowest BCUT2D eigenvalue weighted by molar-refractivity contribution is 1.20. The Balaban J connectivity index is 2.03. The van der Waals surface area contributed by atoms with E-state index in [4.69, 9.17) is 0 Å². The number of hydrogen-bond acceptors (Lipinski definition) is 4. The van der Waals surface area contributed by atoms with E-state index in [2.05, 4.69) is 36.2 Å². The highest BCUT2D eigenvalue weighted by molar-refractivity contribution is 9.10. The monoisotopic (exact) mass is 314 g/mol. The van der Waals surface area contributed by atoms with Gasteiger partial charge in [0, 0.05) is 22.6 Å². The second-order valence-electron chi connectivity index (χ2n) is 4.19. The summed E-state index contributed by atoms with van der Waals surface area (Å²) in [6.45, 7) is 1.96. The van der Waals surface area contributed by atoms with Crippen LogP contribution in [0.3, 0.4) is 0 Å². The van der Waals surface area contributed by atoms with E-state index >= 15 is 0 Å². The molecule has 0 fully saturated rings. The first kappa shape index (κ1) is 12.0. The molecule has 0 saturated carbocycles. The molecule has 5 heteroatoms. The van der Waals surface area contributed by atoms with Crippen LogP contribution in [0.15, 0.2) is 47.3 Å². The van der Waals surface area contributed by atoms with Gasteiger partial charge < -0.3 is 5.32 Å². The van der Waals surface area contributed by atoms with Crippen LogP contribution in [0.2, 0.25) is 0 Å². The summed E-state index contributed by atoms with van der Waals surface area (Å²) in [4.78, 5) is 13.0. The van der Waals surface area contributed by atoms with E-state index in [-0.39, 0.29) is 0 Å². The number of rotatable bonds is 2. The number of aryl methyl sites for hydroxylation is 1. The first-order valence-corrected chi connectivity index (χ1v) is 6.61. The van der Waals surface area contributed by atoms with E-state index in [0.29, 0.717) is 0 Å². The molecule has 0 saturated heterocycles. The van der Waals surface area contributed by atoms with Gasteiger partial charge in [0.25, 0.3) is 0 Å². The molecule has 0 spiro atoms. The maximum absolute atomic E-state index is 4.40. The minimum atomic E-state index is 0.839. The Morgan fingerprint density at radius 3 is 2.74 bits per heavy atom. The van der Waals surface area contributed by atoms with Crippen molar-refractivity contribution in [3.63, 3.8) is 0 Å². The highest BCUT2D eigenvalue weighted by atomic mass is 79.9. The van der Waals surface area contributed by atoms with Crippen molar-refractivity contribution in [2.75, 3.05) is 5.32 Å². The first-order valence-electron chi connectivity index (χ1n) is 5.82. The van der Waals surface area contributed by atoms with Crippen LogP contribution < -0.4 is 5.32 Å². The SMILES string of the molecule is Cc1ccc(Nc2ccnc3cc(Br)cnc23)cn1. The number of halogens is 1. The lowest BCUT2D eigenvalue weighted by Crippen LogP contribution is -1.95. The number of anilines is 2. The summed E-state index contributed by atoms with van der Waals surface area (Å²) < 4.78 is 0.918. The number of hydrogen-bond donors (Lipinski definition) is 1. The van der Waals surface area contributed by atoms with Crippen LogP contribution in [-0.4, -0.2) is 15.0 Å². The van der Waals surface area contributed by atoms with Crippen LogP contribution in [0.4, 0.5) is 11.4 Å². The Hall–Kier alpha value is -2.01. The second-order valence-corrected chi connectivity index (χ2v) is 5.11. The molecule has 0 aliphatic carbocycles. The Labute approximate surface area is 119 Å². The second kappa shape index (κ2) is 4.93. The van der Waals surface area contributed by atoms with Gasteiger partial charge in [0.2, 0.25) is 0 Å². The van der Waals surface area contributed by atoms with Gasteiger partial charge in [0.05, 0.1) is 23.1 Å². The van der Waals surface area contributed by atoms with Gasteiger partial charge in [0.1, 0.15) is 5.52 Å². The molecule has 0 atom stereocenters. The van der Waals surface area contributed by atoms with Gasteiger partial charge in [-0.25, -0.2) is 0 Å². The average Bonchev–Trinajstić information content (AvgIpc) is 2.41. The first-order chi connectivity index (χ1) is 9.22. The van der Waals surface area contributed by atoms with Gasteiger partial charge in [-0.2, -0.15) is 0 Å². The molecule has 4 nitrogen and oxygen atoms in total. The fourth-order valence-corrected chi connectivity index (χ4v) is 2.12. The van der Waals surface area contributed by atoms with Crippen molar-refractivity contribution in [2.45, 2.75) is 6.92 Å². The summed E-state index contributed by atoms with van der Waals surface area (Å²) in [5, 5.41) is 3.31. The molecule has 0 aliphatic rings. The van der Waals surface area contributed by atoms with E-state index in [1.165, 1.54) is 0 Å². The Bertz CT molecular complexity index is 725. The standard InChI is InChI=1S/C14H11BrN4/c1-9-2-3-11(8-17-9)19-12-4-5-16-13-6-10(15)7-18-14(12)13/h2-8H,1H3,(H,16,19). The lowest BCUT2D eigenvalue weighted by atomic mass is 10.2. The number of aromatic nitrogens is 3. The predicted octanol–water partition coefficient (Wildman–Crippen LogP) is 3.84. The number of nitrogens with zero attached hydrogens (tertiary/aromatic N) is 3. The van der Waals surface area contributed by atoms with Gasteiger partial charge in [-0.05, 0) is 47.1 Å². The van der Waals surface area contributed by atoms with E-state index in [0.717, 1.165) is 32.6 Å². The molecule has 1 N–H and O–H groups in total. The Morgan fingerprint density at radius 1 is 1.05 bits per heavy atom.